The Hall–Kier alpha value is -3.65. The van der Waals surface area contributed by atoms with Crippen molar-refractivity contribution in [2.45, 2.75) is 18.8 Å². The first-order chi connectivity index (χ1) is 14.7. The number of hydrogen-bond acceptors (Lipinski definition) is 2. The average Bonchev–Trinajstić information content (AvgIpc) is 2.81. The Morgan fingerprint density at radius 1 is 0.633 bits per heavy atom. The minimum absolute atomic E-state index is 0.432. The molecule has 0 aliphatic heterocycles. The van der Waals surface area contributed by atoms with Gasteiger partial charge >= 0.3 is 0 Å². The molecule has 0 aromatic heterocycles. The van der Waals surface area contributed by atoms with E-state index in [9.17, 15) is 0 Å². The Labute approximate surface area is 178 Å². The lowest BCUT2D eigenvalue weighted by molar-refractivity contribution is 0.786. The maximum absolute atomic E-state index is 8.02. The van der Waals surface area contributed by atoms with Crippen LogP contribution in [0.5, 0.6) is 0 Å². The summed E-state index contributed by atoms with van der Waals surface area (Å²) >= 11 is 0. The van der Waals surface area contributed by atoms with E-state index in [4.69, 9.17) is 5.41 Å². The maximum Gasteiger partial charge on any atom is 0.0519 e. The third-order valence-corrected chi connectivity index (χ3v) is 5.64. The normalized spacial score (nSPS) is 12.7. The lowest BCUT2D eigenvalue weighted by Crippen LogP contribution is -2.24. The highest BCUT2D eigenvalue weighted by atomic mass is 14.9. The molecule has 0 spiro atoms. The highest BCUT2D eigenvalue weighted by Gasteiger charge is 2.26. The molecular formula is C28H26N2. The zero-order valence-electron chi connectivity index (χ0n) is 17.2. The second kappa shape index (κ2) is 8.79. The molecule has 4 rings (SSSR count). The van der Waals surface area contributed by atoms with E-state index in [0.29, 0.717) is 0 Å². The Morgan fingerprint density at radius 3 is 1.67 bits per heavy atom. The predicted octanol–water partition coefficient (Wildman–Crippen LogP) is 6.98. The van der Waals surface area contributed by atoms with E-state index in [1.54, 1.807) is 0 Å². The van der Waals surface area contributed by atoms with Crippen LogP contribution >= 0.6 is 0 Å². The number of rotatable bonds is 7. The minimum atomic E-state index is -0.432. The van der Waals surface area contributed by atoms with Crippen LogP contribution in [-0.4, -0.2) is 6.21 Å². The Morgan fingerprint density at radius 2 is 1.10 bits per heavy atom. The van der Waals surface area contributed by atoms with Crippen LogP contribution in [0.1, 0.15) is 29.2 Å². The van der Waals surface area contributed by atoms with Crippen molar-refractivity contribution in [3.05, 3.63) is 131 Å². The topological polar surface area (TPSA) is 35.9 Å². The lowest BCUT2D eigenvalue weighted by atomic mass is 9.77. The number of anilines is 2. The monoisotopic (exact) mass is 390 g/mol. The van der Waals surface area contributed by atoms with Gasteiger partial charge in [-0.15, -0.1) is 0 Å². The first-order valence-corrected chi connectivity index (χ1v) is 10.2. The van der Waals surface area contributed by atoms with Crippen LogP contribution in [0.3, 0.4) is 0 Å². The van der Waals surface area contributed by atoms with Crippen LogP contribution in [0, 0.1) is 5.41 Å². The molecule has 0 amide bonds. The molecule has 30 heavy (non-hydrogen) atoms. The molecule has 2 heteroatoms. The SMILES string of the molecule is CC(C=N)(c1ccccc1)c1ccc(Nc2ccc(Cc3ccccc3)cc2)cc1. The Kier molecular flexibility index (Phi) is 5.76. The van der Waals surface area contributed by atoms with Crippen LogP contribution in [0.15, 0.2) is 109 Å². The summed E-state index contributed by atoms with van der Waals surface area (Å²) in [4.78, 5) is 0. The second-order valence-corrected chi connectivity index (χ2v) is 7.77. The summed E-state index contributed by atoms with van der Waals surface area (Å²) < 4.78 is 0. The molecule has 2 nitrogen and oxygen atoms in total. The summed E-state index contributed by atoms with van der Waals surface area (Å²) in [6.07, 6.45) is 2.47. The van der Waals surface area contributed by atoms with E-state index >= 15 is 0 Å². The molecule has 0 aliphatic carbocycles. The molecule has 0 fully saturated rings. The van der Waals surface area contributed by atoms with Crippen LogP contribution in [0.2, 0.25) is 0 Å². The first kappa shape index (κ1) is 19.7. The molecule has 0 radical (unpaired) electrons. The van der Waals surface area contributed by atoms with E-state index < -0.39 is 5.41 Å². The largest absolute Gasteiger partial charge is 0.356 e. The second-order valence-electron chi connectivity index (χ2n) is 7.77. The average molecular weight is 391 g/mol. The molecule has 2 N–H and O–H groups in total. The fraction of sp³-hybridized carbons (Fsp3) is 0.107. The van der Waals surface area contributed by atoms with Gasteiger partial charge in [0.1, 0.15) is 0 Å². The van der Waals surface area contributed by atoms with Gasteiger partial charge in [-0.2, -0.15) is 0 Å². The zero-order chi connectivity index (χ0) is 20.8. The Bertz CT molecular complexity index is 1080. The molecule has 4 aromatic rings. The van der Waals surface area contributed by atoms with Gasteiger partial charge in [-0.25, -0.2) is 0 Å². The van der Waals surface area contributed by atoms with Crippen molar-refractivity contribution in [3.63, 3.8) is 0 Å². The standard InChI is InChI=1S/C28H26N2/c1-28(21-29,24-10-6-3-7-11-24)25-14-18-27(19-15-25)30-26-16-12-23(13-17-26)20-22-8-4-2-5-9-22/h2-19,21,29-30H,20H2,1H3. The fourth-order valence-electron chi connectivity index (χ4n) is 3.72. The highest BCUT2D eigenvalue weighted by molar-refractivity contribution is 5.77. The third-order valence-electron chi connectivity index (χ3n) is 5.64. The van der Waals surface area contributed by atoms with Crippen molar-refractivity contribution >= 4 is 17.6 Å². The number of nitrogens with one attached hydrogen (secondary N) is 2. The van der Waals surface area contributed by atoms with Gasteiger partial charge in [0.25, 0.3) is 0 Å². The van der Waals surface area contributed by atoms with Gasteiger partial charge in [-0.1, -0.05) is 84.9 Å². The van der Waals surface area contributed by atoms with Crippen molar-refractivity contribution in [1.82, 2.24) is 0 Å². The molecule has 1 unspecified atom stereocenters. The predicted molar refractivity (Wildman–Crippen MR) is 127 cm³/mol. The van der Waals surface area contributed by atoms with Crippen molar-refractivity contribution in [3.8, 4) is 0 Å². The molecule has 0 aliphatic rings. The number of benzene rings is 4. The summed E-state index contributed by atoms with van der Waals surface area (Å²) in [5.41, 5.74) is 6.52. The summed E-state index contributed by atoms with van der Waals surface area (Å²) in [5, 5.41) is 11.5. The van der Waals surface area contributed by atoms with Gasteiger partial charge in [-0.3, -0.25) is 0 Å². The molecule has 0 saturated heterocycles. The third kappa shape index (κ3) is 4.33. The summed E-state index contributed by atoms with van der Waals surface area (Å²) in [7, 11) is 0. The van der Waals surface area contributed by atoms with E-state index in [1.165, 1.54) is 17.3 Å². The summed E-state index contributed by atoms with van der Waals surface area (Å²) in [5.74, 6) is 0. The first-order valence-electron chi connectivity index (χ1n) is 10.2. The van der Waals surface area contributed by atoms with Gasteiger partial charge in [-0.05, 0) is 59.9 Å². The fourth-order valence-corrected chi connectivity index (χ4v) is 3.72. The molecule has 0 saturated carbocycles. The molecule has 148 valence electrons. The van der Waals surface area contributed by atoms with Gasteiger partial charge in [0.15, 0.2) is 0 Å². The summed E-state index contributed by atoms with van der Waals surface area (Å²) in [6, 6.07) is 37.7. The molecular weight excluding hydrogens is 364 g/mol. The lowest BCUT2D eigenvalue weighted by Gasteiger charge is -2.26. The smallest absolute Gasteiger partial charge is 0.0519 e. The van der Waals surface area contributed by atoms with Crippen LogP contribution in [-0.2, 0) is 11.8 Å². The highest BCUT2D eigenvalue weighted by Crippen LogP contribution is 2.31. The Balaban J connectivity index is 1.46. The van der Waals surface area contributed by atoms with E-state index in [2.05, 4.69) is 97.2 Å². The van der Waals surface area contributed by atoms with E-state index in [1.807, 2.05) is 24.3 Å². The molecule has 0 bridgehead atoms. The van der Waals surface area contributed by atoms with Gasteiger partial charge in [0, 0.05) is 17.6 Å². The zero-order valence-corrected chi connectivity index (χ0v) is 17.2. The summed E-state index contributed by atoms with van der Waals surface area (Å²) in [6.45, 7) is 2.09. The maximum atomic E-state index is 8.02. The molecule has 0 heterocycles. The van der Waals surface area contributed by atoms with Crippen molar-refractivity contribution < 1.29 is 0 Å². The number of hydrogen-bond donors (Lipinski definition) is 2. The quantitative estimate of drug-likeness (QED) is 0.328. The van der Waals surface area contributed by atoms with Crippen LogP contribution < -0.4 is 5.32 Å². The molecule has 1 atom stereocenters. The van der Waals surface area contributed by atoms with Crippen molar-refractivity contribution in [2.24, 2.45) is 0 Å². The van der Waals surface area contributed by atoms with E-state index in [0.717, 1.165) is 28.9 Å². The van der Waals surface area contributed by atoms with Crippen molar-refractivity contribution in [2.75, 3.05) is 5.32 Å². The van der Waals surface area contributed by atoms with Gasteiger partial charge < -0.3 is 10.7 Å². The van der Waals surface area contributed by atoms with Gasteiger partial charge in [0.2, 0.25) is 0 Å². The van der Waals surface area contributed by atoms with Crippen LogP contribution in [0.4, 0.5) is 11.4 Å². The van der Waals surface area contributed by atoms with E-state index in [-0.39, 0.29) is 0 Å². The van der Waals surface area contributed by atoms with Crippen molar-refractivity contribution in [1.29, 1.82) is 5.41 Å². The van der Waals surface area contributed by atoms with Crippen LogP contribution in [0.25, 0.3) is 0 Å². The minimum Gasteiger partial charge on any atom is -0.356 e. The van der Waals surface area contributed by atoms with Gasteiger partial charge in [0.05, 0.1) is 5.41 Å². The molecule has 4 aromatic carbocycles.